The molecule has 114 valence electrons. The van der Waals surface area contributed by atoms with E-state index in [4.69, 9.17) is 11.6 Å². The van der Waals surface area contributed by atoms with Gasteiger partial charge in [-0.1, -0.05) is 43.6 Å². The summed E-state index contributed by atoms with van der Waals surface area (Å²) in [5.41, 5.74) is 2.53. The van der Waals surface area contributed by atoms with Crippen LogP contribution in [0.1, 0.15) is 25.0 Å². The van der Waals surface area contributed by atoms with Crippen LogP contribution in [0.25, 0.3) is 0 Å². The average molecular weight is 328 g/mol. The van der Waals surface area contributed by atoms with Crippen LogP contribution in [0.4, 0.5) is 5.69 Å². The Kier molecular flexibility index (Phi) is 4.58. The summed E-state index contributed by atoms with van der Waals surface area (Å²) in [7, 11) is -2.16. The second-order valence-corrected chi connectivity index (χ2v) is 6.67. The zero-order chi connectivity index (χ0) is 15.6. The van der Waals surface area contributed by atoms with Gasteiger partial charge in [-0.2, -0.15) is 8.42 Å². The molecule has 0 aliphatic rings. The summed E-state index contributed by atoms with van der Waals surface area (Å²) >= 11 is 5.99. The first-order chi connectivity index (χ1) is 9.90. The molecule has 0 fully saturated rings. The summed E-state index contributed by atoms with van der Waals surface area (Å²) in [5, 5.41) is -0.0610. The van der Waals surface area contributed by atoms with Gasteiger partial charge >= 0.3 is 0 Å². The molecule has 1 aromatic heterocycles. The maximum absolute atomic E-state index is 12.5. The molecule has 21 heavy (non-hydrogen) atoms. The number of hydrogen-bond donors (Lipinski definition) is 1. The van der Waals surface area contributed by atoms with Crippen molar-refractivity contribution in [3.63, 3.8) is 0 Å². The fourth-order valence-electron chi connectivity index (χ4n) is 2.13. The number of anilines is 1. The zero-order valence-electron chi connectivity index (χ0n) is 12.2. The molecule has 1 aromatic carbocycles. The van der Waals surface area contributed by atoms with Crippen molar-refractivity contribution >= 4 is 27.3 Å². The number of benzene rings is 1. The number of nitrogens with zero attached hydrogens (tertiary/aromatic N) is 2. The van der Waals surface area contributed by atoms with Gasteiger partial charge in [0.2, 0.25) is 5.03 Å². The van der Waals surface area contributed by atoms with Gasteiger partial charge in [-0.15, -0.1) is 0 Å². The SMILES string of the molecule is CCc1cccc(CC)c1NS(=O)(=O)c1ncn(C)c1Cl. The van der Waals surface area contributed by atoms with Crippen LogP contribution in [0.5, 0.6) is 0 Å². The predicted octanol–water partition coefficient (Wildman–Crippen LogP) is 3.00. The summed E-state index contributed by atoms with van der Waals surface area (Å²) in [4.78, 5) is 3.87. The Hall–Kier alpha value is -1.53. The molecule has 0 aliphatic heterocycles. The minimum absolute atomic E-state index is 0.0922. The molecule has 0 bridgehead atoms. The monoisotopic (exact) mass is 327 g/mol. The van der Waals surface area contributed by atoms with Crippen LogP contribution in [0, 0.1) is 0 Å². The molecule has 0 spiro atoms. The highest BCUT2D eigenvalue weighted by Crippen LogP contribution is 2.27. The van der Waals surface area contributed by atoms with Crippen LogP contribution >= 0.6 is 11.6 Å². The molecule has 1 N–H and O–H groups in total. The van der Waals surface area contributed by atoms with Crippen LogP contribution in [0.15, 0.2) is 29.6 Å². The number of rotatable bonds is 5. The van der Waals surface area contributed by atoms with Crippen molar-refractivity contribution in [1.82, 2.24) is 9.55 Å². The lowest BCUT2D eigenvalue weighted by atomic mass is 10.0. The van der Waals surface area contributed by atoms with Gasteiger partial charge in [0.25, 0.3) is 10.0 Å². The molecule has 2 rings (SSSR count). The first-order valence-electron chi connectivity index (χ1n) is 6.71. The predicted molar refractivity (Wildman–Crippen MR) is 84.2 cm³/mol. The fourth-order valence-corrected chi connectivity index (χ4v) is 3.71. The maximum Gasteiger partial charge on any atom is 0.282 e. The Labute approximate surface area is 130 Å². The third-order valence-corrected chi connectivity index (χ3v) is 5.16. The summed E-state index contributed by atoms with van der Waals surface area (Å²) < 4.78 is 29.1. The lowest BCUT2D eigenvalue weighted by Crippen LogP contribution is -2.16. The Morgan fingerprint density at radius 2 is 1.81 bits per heavy atom. The highest BCUT2D eigenvalue weighted by Gasteiger charge is 2.24. The van der Waals surface area contributed by atoms with Gasteiger partial charge in [0.1, 0.15) is 5.15 Å². The van der Waals surface area contributed by atoms with Gasteiger partial charge in [0, 0.05) is 7.05 Å². The van der Waals surface area contributed by atoms with Crippen LogP contribution in [0.2, 0.25) is 5.15 Å². The van der Waals surface area contributed by atoms with Crippen molar-refractivity contribution in [2.75, 3.05) is 4.72 Å². The number of imidazole rings is 1. The smallest absolute Gasteiger partial charge is 0.282 e. The number of aromatic nitrogens is 2. The van der Waals surface area contributed by atoms with Crippen molar-refractivity contribution < 1.29 is 8.42 Å². The molecule has 0 unspecified atom stereocenters. The molecular formula is C14H18ClN3O2S. The molecule has 0 saturated carbocycles. The molecule has 0 atom stereocenters. The first-order valence-corrected chi connectivity index (χ1v) is 8.57. The summed E-state index contributed by atoms with van der Waals surface area (Å²) in [6, 6.07) is 5.76. The second kappa shape index (κ2) is 6.07. The quantitative estimate of drug-likeness (QED) is 0.918. The maximum atomic E-state index is 12.5. The third kappa shape index (κ3) is 3.06. The highest BCUT2D eigenvalue weighted by atomic mass is 35.5. The van der Waals surface area contributed by atoms with Crippen molar-refractivity contribution in [2.24, 2.45) is 7.05 Å². The second-order valence-electron chi connectivity index (χ2n) is 4.72. The van der Waals surface area contributed by atoms with Crippen molar-refractivity contribution in [3.8, 4) is 0 Å². The van der Waals surface area contributed by atoms with Gasteiger partial charge < -0.3 is 4.57 Å². The number of aryl methyl sites for hydroxylation is 3. The van der Waals surface area contributed by atoms with E-state index in [1.54, 1.807) is 7.05 Å². The molecule has 0 amide bonds. The number of nitrogens with one attached hydrogen (secondary N) is 1. The molecule has 2 aromatic rings. The van der Waals surface area contributed by atoms with Crippen molar-refractivity contribution in [1.29, 1.82) is 0 Å². The average Bonchev–Trinajstić information content (AvgIpc) is 2.79. The van der Waals surface area contributed by atoms with E-state index in [9.17, 15) is 8.42 Å². The number of hydrogen-bond acceptors (Lipinski definition) is 3. The summed E-state index contributed by atoms with van der Waals surface area (Å²) in [6.07, 6.45) is 2.85. The fraction of sp³-hybridized carbons (Fsp3) is 0.357. The van der Waals surface area contributed by atoms with Crippen LogP contribution in [-0.4, -0.2) is 18.0 Å². The van der Waals surface area contributed by atoms with Crippen molar-refractivity contribution in [2.45, 2.75) is 31.7 Å². The van der Waals surface area contributed by atoms with Crippen LogP contribution in [-0.2, 0) is 29.9 Å². The first kappa shape index (κ1) is 15.9. The Morgan fingerprint density at radius 3 is 2.24 bits per heavy atom. The van der Waals surface area contributed by atoms with Crippen LogP contribution < -0.4 is 4.72 Å². The van der Waals surface area contributed by atoms with Gasteiger partial charge in [0.05, 0.1) is 12.0 Å². The van der Waals surface area contributed by atoms with E-state index in [1.807, 2.05) is 32.0 Å². The van der Waals surface area contributed by atoms with Gasteiger partial charge in [-0.05, 0) is 24.0 Å². The molecule has 0 radical (unpaired) electrons. The van der Waals surface area contributed by atoms with Crippen molar-refractivity contribution in [3.05, 3.63) is 40.8 Å². The lowest BCUT2D eigenvalue weighted by Gasteiger charge is -2.14. The van der Waals surface area contributed by atoms with E-state index in [0.717, 1.165) is 24.0 Å². The molecule has 5 nitrogen and oxygen atoms in total. The van der Waals surface area contributed by atoms with E-state index < -0.39 is 10.0 Å². The standard InChI is InChI=1S/C14H18ClN3O2S/c1-4-10-7-6-8-11(5-2)12(10)17-21(19,20)14-13(15)18(3)9-16-14/h6-9,17H,4-5H2,1-3H3. The number of halogens is 1. The minimum atomic E-state index is -3.80. The molecule has 1 heterocycles. The van der Waals surface area contributed by atoms with E-state index >= 15 is 0 Å². The Bertz CT molecular complexity index is 731. The molecular weight excluding hydrogens is 310 g/mol. The van der Waals surface area contributed by atoms with E-state index in [0.29, 0.717) is 5.69 Å². The number of para-hydroxylation sites is 1. The summed E-state index contributed by atoms with van der Waals surface area (Å²) in [5.74, 6) is 0. The number of sulfonamides is 1. The molecule has 0 aliphatic carbocycles. The molecule has 0 saturated heterocycles. The highest BCUT2D eigenvalue weighted by molar-refractivity contribution is 7.92. The van der Waals surface area contributed by atoms with E-state index in [-0.39, 0.29) is 10.2 Å². The topological polar surface area (TPSA) is 64.0 Å². The van der Waals surface area contributed by atoms with Crippen LogP contribution in [0.3, 0.4) is 0 Å². The minimum Gasteiger partial charge on any atom is -0.324 e. The largest absolute Gasteiger partial charge is 0.324 e. The van der Waals surface area contributed by atoms with Gasteiger partial charge in [-0.3, -0.25) is 4.72 Å². The lowest BCUT2D eigenvalue weighted by molar-refractivity contribution is 0.598. The van der Waals surface area contributed by atoms with Gasteiger partial charge in [-0.25, -0.2) is 4.98 Å². The molecule has 7 heteroatoms. The van der Waals surface area contributed by atoms with E-state index in [2.05, 4.69) is 9.71 Å². The normalized spacial score (nSPS) is 11.6. The summed E-state index contributed by atoms with van der Waals surface area (Å²) in [6.45, 7) is 3.97. The zero-order valence-corrected chi connectivity index (χ0v) is 13.8. The Balaban J connectivity index is 2.49. The third-order valence-electron chi connectivity index (χ3n) is 3.32. The van der Waals surface area contributed by atoms with E-state index in [1.165, 1.54) is 10.9 Å². The van der Waals surface area contributed by atoms with Gasteiger partial charge in [0.15, 0.2) is 0 Å². The Morgan fingerprint density at radius 1 is 1.24 bits per heavy atom.